The maximum absolute atomic E-state index is 10.0. The van der Waals surface area contributed by atoms with E-state index in [0.29, 0.717) is 13.2 Å². The van der Waals surface area contributed by atoms with Crippen molar-refractivity contribution in [2.75, 3.05) is 13.2 Å². The molecule has 14 heavy (non-hydrogen) atoms. The second-order valence-electron chi connectivity index (χ2n) is 5.38. The number of rotatable bonds is 2. The molecule has 1 rings (SSSR count). The Morgan fingerprint density at radius 1 is 1.00 bits per heavy atom. The van der Waals surface area contributed by atoms with Crippen LogP contribution in [0.1, 0.15) is 34.1 Å². The summed E-state index contributed by atoms with van der Waals surface area (Å²) < 4.78 is 5.36. The highest BCUT2D eigenvalue weighted by Gasteiger charge is 2.43. The van der Waals surface area contributed by atoms with Gasteiger partial charge in [-0.1, -0.05) is 0 Å². The SMILES string of the molecule is CC(C)(O)C1CCOCC1C(C)(C)O. The van der Waals surface area contributed by atoms with Gasteiger partial charge in [-0.05, 0) is 40.0 Å². The zero-order valence-corrected chi connectivity index (χ0v) is 9.58. The van der Waals surface area contributed by atoms with Crippen LogP contribution >= 0.6 is 0 Å². The Balaban J connectivity index is 2.80. The summed E-state index contributed by atoms with van der Waals surface area (Å²) in [7, 11) is 0. The van der Waals surface area contributed by atoms with E-state index >= 15 is 0 Å². The minimum absolute atomic E-state index is 0.0104. The number of hydrogen-bond donors (Lipinski definition) is 2. The maximum atomic E-state index is 10.0. The van der Waals surface area contributed by atoms with Crippen molar-refractivity contribution in [3.63, 3.8) is 0 Å². The minimum atomic E-state index is -0.787. The lowest BCUT2D eigenvalue weighted by molar-refractivity contribution is -0.140. The molecule has 0 aromatic heterocycles. The number of hydrogen-bond acceptors (Lipinski definition) is 3. The van der Waals surface area contributed by atoms with Gasteiger partial charge in [-0.25, -0.2) is 0 Å². The highest BCUT2D eigenvalue weighted by atomic mass is 16.5. The normalized spacial score (nSPS) is 30.4. The Kier molecular flexibility index (Phi) is 3.24. The average Bonchev–Trinajstić information content (AvgIpc) is 2.01. The number of ether oxygens (including phenoxy) is 1. The molecule has 3 heteroatoms. The van der Waals surface area contributed by atoms with E-state index in [4.69, 9.17) is 4.74 Å². The second kappa shape index (κ2) is 3.80. The van der Waals surface area contributed by atoms with Crippen LogP contribution in [-0.4, -0.2) is 34.6 Å². The molecule has 2 unspecified atom stereocenters. The van der Waals surface area contributed by atoms with Crippen LogP contribution in [0.25, 0.3) is 0 Å². The van der Waals surface area contributed by atoms with Crippen molar-refractivity contribution < 1.29 is 14.9 Å². The first kappa shape index (κ1) is 12.0. The average molecular weight is 202 g/mol. The van der Waals surface area contributed by atoms with Crippen molar-refractivity contribution in [2.45, 2.75) is 45.3 Å². The molecular weight excluding hydrogens is 180 g/mol. The van der Waals surface area contributed by atoms with Crippen LogP contribution in [0.2, 0.25) is 0 Å². The van der Waals surface area contributed by atoms with E-state index in [0.717, 1.165) is 6.42 Å². The molecule has 0 amide bonds. The molecule has 1 aliphatic heterocycles. The Morgan fingerprint density at radius 2 is 1.50 bits per heavy atom. The van der Waals surface area contributed by atoms with Crippen LogP contribution in [0.3, 0.4) is 0 Å². The molecule has 1 aliphatic rings. The summed E-state index contributed by atoms with van der Waals surface area (Å²) in [6.07, 6.45) is 0.818. The van der Waals surface area contributed by atoms with E-state index in [1.165, 1.54) is 0 Å². The lowest BCUT2D eigenvalue weighted by Gasteiger charge is -2.44. The minimum Gasteiger partial charge on any atom is -0.390 e. The predicted octanol–water partition coefficient (Wildman–Crippen LogP) is 1.18. The standard InChI is InChI=1S/C11H22O3/c1-10(2,12)8-5-6-14-7-9(8)11(3,4)13/h8-9,12-13H,5-7H2,1-4H3. The predicted molar refractivity (Wildman–Crippen MR) is 55.0 cm³/mol. The molecule has 0 saturated carbocycles. The Labute approximate surface area is 86.1 Å². The lowest BCUT2D eigenvalue weighted by Crippen LogP contribution is -2.50. The fourth-order valence-corrected chi connectivity index (χ4v) is 2.28. The Hall–Kier alpha value is -0.120. The van der Waals surface area contributed by atoms with Gasteiger partial charge in [0.1, 0.15) is 0 Å². The highest BCUT2D eigenvalue weighted by molar-refractivity contribution is 4.92. The van der Waals surface area contributed by atoms with E-state index in [9.17, 15) is 10.2 Å². The molecule has 2 atom stereocenters. The van der Waals surface area contributed by atoms with Gasteiger partial charge in [-0.2, -0.15) is 0 Å². The maximum Gasteiger partial charge on any atom is 0.0645 e. The summed E-state index contributed by atoms with van der Waals surface area (Å²) in [5.74, 6) is 0.118. The molecule has 0 aromatic carbocycles. The van der Waals surface area contributed by atoms with Crippen molar-refractivity contribution in [1.82, 2.24) is 0 Å². The summed E-state index contributed by atoms with van der Waals surface area (Å²) >= 11 is 0. The fourth-order valence-electron chi connectivity index (χ4n) is 2.28. The highest BCUT2D eigenvalue weighted by Crippen LogP contribution is 2.37. The largest absolute Gasteiger partial charge is 0.390 e. The lowest BCUT2D eigenvalue weighted by atomic mass is 9.71. The van der Waals surface area contributed by atoms with Gasteiger partial charge in [-0.15, -0.1) is 0 Å². The molecule has 0 aliphatic carbocycles. The molecule has 0 bridgehead atoms. The Bertz CT molecular complexity index is 166. The zero-order valence-electron chi connectivity index (χ0n) is 9.58. The van der Waals surface area contributed by atoms with Crippen molar-refractivity contribution in [3.8, 4) is 0 Å². The van der Waals surface area contributed by atoms with Crippen molar-refractivity contribution in [2.24, 2.45) is 11.8 Å². The zero-order chi connectivity index (χ0) is 11.0. The third kappa shape index (κ3) is 2.69. The molecule has 2 N–H and O–H groups in total. The first-order valence-electron chi connectivity index (χ1n) is 5.25. The summed E-state index contributed by atoms with van der Waals surface area (Å²) in [5.41, 5.74) is -1.53. The van der Waals surface area contributed by atoms with E-state index in [-0.39, 0.29) is 11.8 Å². The molecule has 0 spiro atoms. The molecular formula is C11H22O3. The van der Waals surface area contributed by atoms with E-state index in [1.807, 2.05) is 13.8 Å². The summed E-state index contributed by atoms with van der Waals surface area (Å²) in [5, 5.41) is 20.0. The molecule has 84 valence electrons. The third-order valence-corrected chi connectivity index (χ3v) is 3.17. The summed E-state index contributed by atoms with van der Waals surface area (Å²) in [4.78, 5) is 0. The molecule has 0 radical (unpaired) electrons. The Morgan fingerprint density at radius 3 is 1.86 bits per heavy atom. The topological polar surface area (TPSA) is 49.7 Å². The molecule has 3 nitrogen and oxygen atoms in total. The second-order valence-corrected chi connectivity index (χ2v) is 5.38. The first-order valence-corrected chi connectivity index (χ1v) is 5.25. The van der Waals surface area contributed by atoms with Gasteiger partial charge in [0.15, 0.2) is 0 Å². The van der Waals surface area contributed by atoms with Gasteiger partial charge in [0.25, 0.3) is 0 Å². The molecule has 1 saturated heterocycles. The van der Waals surface area contributed by atoms with Crippen LogP contribution in [0.15, 0.2) is 0 Å². The van der Waals surface area contributed by atoms with Gasteiger partial charge in [0, 0.05) is 12.5 Å². The van der Waals surface area contributed by atoms with Crippen molar-refractivity contribution >= 4 is 0 Å². The van der Waals surface area contributed by atoms with Crippen molar-refractivity contribution in [1.29, 1.82) is 0 Å². The van der Waals surface area contributed by atoms with Crippen LogP contribution in [0.5, 0.6) is 0 Å². The van der Waals surface area contributed by atoms with Gasteiger partial charge in [-0.3, -0.25) is 0 Å². The van der Waals surface area contributed by atoms with Gasteiger partial charge in [0.2, 0.25) is 0 Å². The first-order chi connectivity index (χ1) is 6.23. The van der Waals surface area contributed by atoms with Crippen LogP contribution in [0.4, 0.5) is 0 Å². The third-order valence-electron chi connectivity index (χ3n) is 3.17. The van der Waals surface area contributed by atoms with E-state index in [1.54, 1.807) is 13.8 Å². The quantitative estimate of drug-likeness (QED) is 0.707. The number of aliphatic hydroxyl groups is 2. The van der Waals surface area contributed by atoms with Crippen LogP contribution in [0, 0.1) is 11.8 Å². The monoisotopic (exact) mass is 202 g/mol. The molecule has 0 aromatic rings. The van der Waals surface area contributed by atoms with Gasteiger partial charge >= 0.3 is 0 Å². The van der Waals surface area contributed by atoms with Crippen molar-refractivity contribution in [3.05, 3.63) is 0 Å². The van der Waals surface area contributed by atoms with E-state index in [2.05, 4.69) is 0 Å². The van der Waals surface area contributed by atoms with E-state index < -0.39 is 11.2 Å². The van der Waals surface area contributed by atoms with Crippen LogP contribution in [-0.2, 0) is 4.74 Å². The van der Waals surface area contributed by atoms with Gasteiger partial charge < -0.3 is 14.9 Å². The molecule has 1 fully saturated rings. The fraction of sp³-hybridized carbons (Fsp3) is 1.00. The summed E-state index contributed by atoms with van der Waals surface area (Å²) in [6, 6.07) is 0. The molecule has 1 heterocycles. The summed E-state index contributed by atoms with van der Waals surface area (Å²) in [6.45, 7) is 8.40. The smallest absolute Gasteiger partial charge is 0.0645 e. The van der Waals surface area contributed by atoms with Gasteiger partial charge in [0.05, 0.1) is 17.8 Å². The van der Waals surface area contributed by atoms with Crippen LogP contribution < -0.4 is 0 Å².